The Balaban J connectivity index is 2.25. The molecule has 1 rings (SSSR count). The zero-order valence-electron chi connectivity index (χ0n) is 13.4. The van der Waals surface area contributed by atoms with Gasteiger partial charge in [0.25, 0.3) is 0 Å². The minimum Gasteiger partial charge on any atom is -0.494 e. The van der Waals surface area contributed by atoms with Crippen LogP contribution >= 0.6 is 0 Å². The van der Waals surface area contributed by atoms with Crippen molar-refractivity contribution >= 4 is 11.9 Å². The molecule has 0 saturated heterocycles. The molecule has 0 spiro atoms. The summed E-state index contributed by atoms with van der Waals surface area (Å²) in [6, 6.07) is 7.33. The first-order valence-electron chi connectivity index (χ1n) is 7.41. The summed E-state index contributed by atoms with van der Waals surface area (Å²) >= 11 is 0. The second kappa shape index (κ2) is 8.41. The fourth-order valence-electron chi connectivity index (χ4n) is 1.80. The van der Waals surface area contributed by atoms with E-state index in [4.69, 9.17) is 14.6 Å². The van der Waals surface area contributed by atoms with Crippen molar-refractivity contribution in [3.63, 3.8) is 0 Å². The van der Waals surface area contributed by atoms with E-state index in [1.54, 1.807) is 0 Å². The first kappa shape index (κ1) is 18.0. The number of carboxylic acid groups (broad SMARTS) is 1. The highest BCUT2D eigenvalue weighted by molar-refractivity contribution is 5.69. The van der Waals surface area contributed by atoms with Crippen LogP contribution in [-0.4, -0.2) is 29.3 Å². The van der Waals surface area contributed by atoms with Crippen molar-refractivity contribution in [1.29, 1.82) is 0 Å². The van der Waals surface area contributed by atoms with Crippen molar-refractivity contribution in [3.05, 3.63) is 29.8 Å². The highest BCUT2D eigenvalue weighted by Crippen LogP contribution is 2.14. The molecule has 1 aromatic carbocycles. The van der Waals surface area contributed by atoms with Crippen molar-refractivity contribution in [3.8, 4) is 5.75 Å². The lowest BCUT2D eigenvalue weighted by Gasteiger charge is -2.19. The number of hydrogen-bond donors (Lipinski definition) is 1. The van der Waals surface area contributed by atoms with Crippen LogP contribution in [0.1, 0.15) is 45.6 Å². The SMILES string of the molecule is CC(C)(C)OC(=O)CCCOc1ccc(CCC(=O)O)cc1. The van der Waals surface area contributed by atoms with E-state index in [1.807, 2.05) is 45.0 Å². The topological polar surface area (TPSA) is 72.8 Å². The minimum absolute atomic E-state index is 0.121. The Labute approximate surface area is 131 Å². The smallest absolute Gasteiger partial charge is 0.306 e. The summed E-state index contributed by atoms with van der Waals surface area (Å²) < 4.78 is 10.8. The van der Waals surface area contributed by atoms with Crippen molar-refractivity contribution in [2.45, 2.75) is 52.1 Å². The highest BCUT2D eigenvalue weighted by Gasteiger charge is 2.15. The van der Waals surface area contributed by atoms with Crippen LogP contribution in [0.25, 0.3) is 0 Å². The Bertz CT molecular complexity index is 485. The van der Waals surface area contributed by atoms with E-state index in [0.717, 1.165) is 5.56 Å². The monoisotopic (exact) mass is 308 g/mol. The Hall–Kier alpha value is -2.04. The molecule has 0 fully saturated rings. The van der Waals surface area contributed by atoms with Gasteiger partial charge >= 0.3 is 11.9 Å². The second-order valence-electron chi connectivity index (χ2n) is 6.08. The third-order valence-corrected chi connectivity index (χ3v) is 2.76. The van der Waals surface area contributed by atoms with E-state index in [2.05, 4.69) is 0 Å². The maximum absolute atomic E-state index is 11.5. The van der Waals surface area contributed by atoms with Gasteiger partial charge in [-0.3, -0.25) is 9.59 Å². The molecule has 5 heteroatoms. The average molecular weight is 308 g/mol. The van der Waals surface area contributed by atoms with Crippen LogP contribution in [0.2, 0.25) is 0 Å². The van der Waals surface area contributed by atoms with Crippen molar-refractivity contribution in [1.82, 2.24) is 0 Å². The largest absolute Gasteiger partial charge is 0.494 e. The highest BCUT2D eigenvalue weighted by atomic mass is 16.6. The molecule has 0 aromatic heterocycles. The Morgan fingerprint density at radius 2 is 1.73 bits per heavy atom. The number of carbonyl (C=O) groups excluding carboxylic acids is 1. The third kappa shape index (κ3) is 8.29. The number of aryl methyl sites for hydroxylation is 1. The van der Waals surface area contributed by atoms with Crippen LogP contribution in [0.3, 0.4) is 0 Å². The fraction of sp³-hybridized carbons (Fsp3) is 0.529. The van der Waals surface area contributed by atoms with Crippen LogP contribution in [0.15, 0.2) is 24.3 Å². The lowest BCUT2D eigenvalue weighted by atomic mass is 10.1. The molecule has 5 nitrogen and oxygen atoms in total. The molecule has 0 aliphatic carbocycles. The van der Waals surface area contributed by atoms with E-state index in [0.29, 0.717) is 31.6 Å². The lowest BCUT2D eigenvalue weighted by Crippen LogP contribution is -2.23. The van der Waals surface area contributed by atoms with Gasteiger partial charge in [-0.15, -0.1) is 0 Å². The minimum atomic E-state index is -0.803. The molecule has 0 unspecified atom stereocenters. The summed E-state index contributed by atoms with van der Waals surface area (Å²) in [7, 11) is 0. The summed E-state index contributed by atoms with van der Waals surface area (Å²) in [5.41, 5.74) is 0.507. The molecule has 122 valence electrons. The number of carbonyl (C=O) groups is 2. The molecule has 0 bridgehead atoms. The second-order valence-corrected chi connectivity index (χ2v) is 6.08. The van der Waals surface area contributed by atoms with Gasteiger partial charge in [0, 0.05) is 12.8 Å². The maximum atomic E-state index is 11.5. The van der Waals surface area contributed by atoms with E-state index in [1.165, 1.54) is 0 Å². The van der Waals surface area contributed by atoms with Crippen molar-refractivity contribution < 1.29 is 24.2 Å². The number of esters is 1. The molecule has 0 saturated carbocycles. The number of ether oxygens (including phenoxy) is 2. The van der Waals surface area contributed by atoms with Crippen LogP contribution in [-0.2, 0) is 20.7 Å². The van der Waals surface area contributed by atoms with Gasteiger partial charge in [-0.2, -0.15) is 0 Å². The van der Waals surface area contributed by atoms with Gasteiger partial charge in [0.05, 0.1) is 6.61 Å². The van der Waals surface area contributed by atoms with E-state index in [-0.39, 0.29) is 12.4 Å². The number of benzene rings is 1. The number of hydrogen-bond acceptors (Lipinski definition) is 4. The maximum Gasteiger partial charge on any atom is 0.306 e. The van der Waals surface area contributed by atoms with E-state index < -0.39 is 11.6 Å². The van der Waals surface area contributed by atoms with Gasteiger partial charge in [0.1, 0.15) is 11.4 Å². The molecule has 0 atom stereocenters. The van der Waals surface area contributed by atoms with Crippen molar-refractivity contribution in [2.75, 3.05) is 6.61 Å². The molecule has 0 aliphatic heterocycles. The Morgan fingerprint density at radius 3 is 2.27 bits per heavy atom. The molecule has 1 N–H and O–H groups in total. The van der Waals surface area contributed by atoms with Gasteiger partial charge in [-0.1, -0.05) is 12.1 Å². The molecule has 0 radical (unpaired) electrons. The first-order valence-corrected chi connectivity index (χ1v) is 7.41. The van der Waals surface area contributed by atoms with E-state index >= 15 is 0 Å². The first-order chi connectivity index (χ1) is 10.3. The summed E-state index contributed by atoms with van der Waals surface area (Å²) in [6.07, 6.45) is 1.55. The van der Waals surface area contributed by atoms with Crippen LogP contribution in [0, 0.1) is 0 Å². The average Bonchev–Trinajstić information content (AvgIpc) is 2.40. The summed E-state index contributed by atoms with van der Waals surface area (Å²) in [5, 5.41) is 8.63. The zero-order valence-corrected chi connectivity index (χ0v) is 13.4. The fourth-order valence-corrected chi connectivity index (χ4v) is 1.80. The van der Waals surface area contributed by atoms with Crippen LogP contribution in [0.4, 0.5) is 0 Å². The van der Waals surface area contributed by atoms with Crippen LogP contribution in [0.5, 0.6) is 5.75 Å². The molecule has 22 heavy (non-hydrogen) atoms. The predicted octanol–water partition coefficient (Wildman–Crippen LogP) is 3.20. The lowest BCUT2D eigenvalue weighted by molar-refractivity contribution is -0.155. The summed E-state index contributed by atoms with van der Waals surface area (Å²) in [4.78, 5) is 22.0. The van der Waals surface area contributed by atoms with E-state index in [9.17, 15) is 9.59 Å². The molecular formula is C17H24O5. The summed E-state index contributed by atoms with van der Waals surface area (Å²) in [6.45, 7) is 5.96. The Morgan fingerprint density at radius 1 is 1.09 bits per heavy atom. The van der Waals surface area contributed by atoms with Gasteiger partial charge in [-0.25, -0.2) is 0 Å². The predicted molar refractivity (Wildman–Crippen MR) is 83.0 cm³/mol. The normalized spacial score (nSPS) is 11.0. The molecular weight excluding hydrogens is 284 g/mol. The molecule has 0 amide bonds. The van der Waals surface area contributed by atoms with Crippen molar-refractivity contribution in [2.24, 2.45) is 0 Å². The van der Waals surface area contributed by atoms with Gasteiger partial charge in [0.2, 0.25) is 0 Å². The molecule has 0 aliphatic rings. The van der Waals surface area contributed by atoms with Gasteiger partial charge < -0.3 is 14.6 Å². The Kier molecular flexibility index (Phi) is 6.89. The number of aliphatic carboxylic acids is 1. The standard InChI is InChI=1S/C17H24O5/c1-17(2,3)22-16(20)5-4-12-21-14-9-6-13(7-10-14)8-11-15(18)19/h6-7,9-10H,4-5,8,11-12H2,1-3H3,(H,18,19). The number of rotatable bonds is 8. The molecule has 1 aromatic rings. The quantitative estimate of drug-likeness (QED) is 0.589. The van der Waals surface area contributed by atoms with Crippen LogP contribution < -0.4 is 4.74 Å². The van der Waals surface area contributed by atoms with Gasteiger partial charge in [-0.05, 0) is 51.3 Å². The third-order valence-electron chi connectivity index (χ3n) is 2.76. The summed E-state index contributed by atoms with van der Waals surface area (Å²) in [5.74, 6) is -0.314. The number of carboxylic acids is 1. The molecule has 0 heterocycles. The zero-order chi connectivity index (χ0) is 16.6. The van der Waals surface area contributed by atoms with Gasteiger partial charge in [0.15, 0.2) is 0 Å².